The summed E-state index contributed by atoms with van der Waals surface area (Å²) in [5, 5.41) is 3.95. The third-order valence-corrected chi connectivity index (χ3v) is 4.75. The molecular weight excluding hydrogens is 292 g/mol. The van der Waals surface area contributed by atoms with Crippen LogP contribution in [0.4, 0.5) is 0 Å². The zero-order valence-electron chi connectivity index (χ0n) is 14.0. The summed E-state index contributed by atoms with van der Waals surface area (Å²) in [5.41, 5.74) is 1.57. The number of likely N-dealkylation sites (N-methyl/N-ethyl adjacent to an activating group) is 1. The maximum absolute atomic E-state index is 12.5. The lowest BCUT2D eigenvalue weighted by Crippen LogP contribution is -2.40. The Labute approximate surface area is 136 Å². The van der Waals surface area contributed by atoms with E-state index in [1.807, 2.05) is 25.1 Å². The highest BCUT2D eigenvalue weighted by atomic mass is 16.5. The molecule has 0 spiro atoms. The number of nitrogens with one attached hydrogen (secondary N) is 1. The molecule has 1 saturated heterocycles. The Morgan fingerprint density at radius 3 is 3.04 bits per heavy atom. The van der Waals surface area contributed by atoms with Crippen molar-refractivity contribution in [3.63, 3.8) is 0 Å². The summed E-state index contributed by atoms with van der Waals surface area (Å²) in [6, 6.07) is 6.02. The molecule has 124 valence electrons. The fourth-order valence-electron chi connectivity index (χ4n) is 3.38. The van der Waals surface area contributed by atoms with Crippen LogP contribution in [0, 0.1) is 6.92 Å². The van der Waals surface area contributed by atoms with E-state index in [0.29, 0.717) is 23.9 Å². The van der Waals surface area contributed by atoms with Crippen molar-refractivity contribution in [2.75, 3.05) is 26.7 Å². The van der Waals surface area contributed by atoms with Gasteiger partial charge in [-0.1, -0.05) is 6.92 Å². The lowest BCUT2D eigenvalue weighted by molar-refractivity contribution is 0.0915. The lowest BCUT2D eigenvalue weighted by atomic mass is 10.1. The van der Waals surface area contributed by atoms with Gasteiger partial charge in [0.1, 0.15) is 11.3 Å². The van der Waals surface area contributed by atoms with Crippen LogP contribution in [0.15, 0.2) is 22.6 Å². The monoisotopic (exact) mass is 316 g/mol. The fourth-order valence-corrected chi connectivity index (χ4v) is 3.38. The second-order valence-corrected chi connectivity index (χ2v) is 6.05. The van der Waals surface area contributed by atoms with E-state index < -0.39 is 0 Å². The van der Waals surface area contributed by atoms with Crippen LogP contribution in [0.5, 0.6) is 5.75 Å². The lowest BCUT2D eigenvalue weighted by Gasteiger charge is -2.22. The minimum Gasteiger partial charge on any atom is -0.497 e. The van der Waals surface area contributed by atoms with Gasteiger partial charge in [-0.15, -0.1) is 0 Å². The standard InChI is InChI=1S/C18H24N2O3/c1-4-20-9-5-6-13(20)11-19-18(21)17-12(2)15-10-14(22-3)7-8-16(15)23-17/h7-8,10,13H,4-6,9,11H2,1-3H3,(H,19,21)/t13-/m1/s1. The second-order valence-electron chi connectivity index (χ2n) is 6.05. The van der Waals surface area contributed by atoms with Gasteiger partial charge in [0.25, 0.3) is 5.91 Å². The predicted octanol–water partition coefficient (Wildman–Crippen LogP) is 2.96. The maximum Gasteiger partial charge on any atom is 0.287 e. The predicted molar refractivity (Wildman–Crippen MR) is 90.1 cm³/mol. The van der Waals surface area contributed by atoms with Gasteiger partial charge in [-0.25, -0.2) is 0 Å². The number of amides is 1. The highest BCUT2D eigenvalue weighted by Gasteiger charge is 2.24. The number of benzene rings is 1. The molecule has 1 aromatic heterocycles. The van der Waals surface area contributed by atoms with Crippen LogP contribution < -0.4 is 10.1 Å². The first-order valence-electron chi connectivity index (χ1n) is 8.23. The van der Waals surface area contributed by atoms with Crippen molar-refractivity contribution < 1.29 is 13.9 Å². The van der Waals surface area contributed by atoms with Crippen molar-refractivity contribution in [1.82, 2.24) is 10.2 Å². The number of hydrogen-bond donors (Lipinski definition) is 1. The number of nitrogens with zero attached hydrogens (tertiary/aromatic N) is 1. The Morgan fingerprint density at radius 2 is 2.30 bits per heavy atom. The first kappa shape index (κ1) is 15.9. The van der Waals surface area contributed by atoms with Gasteiger partial charge < -0.3 is 14.5 Å². The van der Waals surface area contributed by atoms with Crippen molar-refractivity contribution in [3.8, 4) is 5.75 Å². The molecule has 1 N–H and O–H groups in total. The number of carbonyl (C=O) groups is 1. The largest absolute Gasteiger partial charge is 0.497 e. The molecule has 0 unspecified atom stereocenters. The number of fused-ring (bicyclic) bond motifs is 1. The molecule has 2 aromatic rings. The summed E-state index contributed by atoms with van der Waals surface area (Å²) in [7, 11) is 1.63. The molecule has 1 fully saturated rings. The topological polar surface area (TPSA) is 54.7 Å². The normalized spacial score (nSPS) is 18.5. The molecule has 1 amide bonds. The first-order chi connectivity index (χ1) is 11.1. The van der Waals surface area contributed by atoms with Crippen LogP contribution in [0.3, 0.4) is 0 Å². The smallest absolute Gasteiger partial charge is 0.287 e. The van der Waals surface area contributed by atoms with E-state index in [1.165, 1.54) is 6.42 Å². The SMILES string of the molecule is CCN1CCC[C@@H]1CNC(=O)c1oc2ccc(OC)cc2c1C. The van der Waals surface area contributed by atoms with Gasteiger partial charge in [0, 0.05) is 23.5 Å². The minimum atomic E-state index is -0.138. The molecule has 3 rings (SSSR count). The first-order valence-corrected chi connectivity index (χ1v) is 8.23. The molecule has 0 aliphatic carbocycles. The van der Waals surface area contributed by atoms with Crippen LogP contribution >= 0.6 is 0 Å². The zero-order valence-corrected chi connectivity index (χ0v) is 14.0. The molecule has 1 aliphatic rings. The van der Waals surface area contributed by atoms with E-state index in [0.717, 1.165) is 36.2 Å². The zero-order chi connectivity index (χ0) is 16.4. The highest BCUT2D eigenvalue weighted by Crippen LogP contribution is 2.28. The number of furan rings is 1. The summed E-state index contributed by atoms with van der Waals surface area (Å²) < 4.78 is 11.0. The molecule has 0 bridgehead atoms. The van der Waals surface area contributed by atoms with E-state index in [9.17, 15) is 4.79 Å². The Hall–Kier alpha value is -2.01. The van der Waals surface area contributed by atoms with E-state index in [1.54, 1.807) is 7.11 Å². The number of hydrogen-bond acceptors (Lipinski definition) is 4. The minimum absolute atomic E-state index is 0.138. The van der Waals surface area contributed by atoms with Crippen LogP contribution in [0.25, 0.3) is 11.0 Å². The van der Waals surface area contributed by atoms with Gasteiger partial charge >= 0.3 is 0 Å². The summed E-state index contributed by atoms with van der Waals surface area (Å²) in [4.78, 5) is 14.9. The third-order valence-electron chi connectivity index (χ3n) is 4.75. The van der Waals surface area contributed by atoms with Gasteiger partial charge in [0.2, 0.25) is 0 Å². The second kappa shape index (κ2) is 6.62. The number of rotatable bonds is 5. The van der Waals surface area contributed by atoms with Gasteiger partial charge in [-0.3, -0.25) is 9.69 Å². The average Bonchev–Trinajstić information content (AvgIpc) is 3.16. The van der Waals surface area contributed by atoms with Crippen molar-refractivity contribution >= 4 is 16.9 Å². The Kier molecular flexibility index (Phi) is 4.57. The van der Waals surface area contributed by atoms with E-state index in [4.69, 9.17) is 9.15 Å². The van der Waals surface area contributed by atoms with Crippen molar-refractivity contribution in [3.05, 3.63) is 29.5 Å². The molecule has 0 radical (unpaired) electrons. The molecule has 5 nitrogen and oxygen atoms in total. The number of methoxy groups -OCH3 is 1. The van der Waals surface area contributed by atoms with Gasteiger partial charge in [-0.2, -0.15) is 0 Å². The summed E-state index contributed by atoms with van der Waals surface area (Å²) >= 11 is 0. The molecule has 1 aliphatic heterocycles. The summed E-state index contributed by atoms with van der Waals surface area (Å²) in [6.45, 7) is 6.90. The van der Waals surface area contributed by atoms with Crippen molar-refractivity contribution in [2.45, 2.75) is 32.7 Å². The summed E-state index contributed by atoms with van der Waals surface area (Å²) in [6.07, 6.45) is 2.35. The van der Waals surface area contributed by atoms with Gasteiger partial charge in [-0.05, 0) is 51.1 Å². The van der Waals surface area contributed by atoms with Crippen LogP contribution in [-0.2, 0) is 0 Å². The molecule has 5 heteroatoms. The van der Waals surface area contributed by atoms with Crippen molar-refractivity contribution in [2.24, 2.45) is 0 Å². The van der Waals surface area contributed by atoms with Gasteiger partial charge in [0.05, 0.1) is 7.11 Å². The van der Waals surface area contributed by atoms with Gasteiger partial charge in [0.15, 0.2) is 5.76 Å². The number of carbonyl (C=O) groups excluding carboxylic acids is 1. The van der Waals surface area contributed by atoms with Crippen LogP contribution in [0.1, 0.15) is 35.9 Å². The Bertz CT molecular complexity index is 708. The molecule has 1 aromatic carbocycles. The third kappa shape index (κ3) is 3.06. The number of aryl methyl sites for hydroxylation is 1. The number of likely N-dealkylation sites (tertiary alicyclic amines) is 1. The average molecular weight is 316 g/mol. The molecular formula is C18H24N2O3. The maximum atomic E-state index is 12.5. The highest BCUT2D eigenvalue weighted by molar-refractivity contribution is 5.99. The number of ether oxygens (including phenoxy) is 1. The van der Waals surface area contributed by atoms with Crippen LogP contribution in [0.2, 0.25) is 0 Å². The fraction of sp³-hybridized carbons (Fsp3) is 0.500. The van der Waals surface area contributed by atoms with E-state index in [-0.39, 0.29) is 5.91 Å². The quantitative estimate of drug-likeness (QED) is 0.921. The molecule has 2 heterocycles. The molecule has 23 heavy (non-hydrogen) atoms. The van der Waals surface area contributed by atoms with E-state index in [2.05, 4.69) is 17.1 Å². The molecule has 1 atom stereocenters. The summed E-state index contributed by atoms with van der Waals surface area (Å²) in [5.74, 6) is 1.02. The van der Waals surface area contributed by atoms with Crippen molar-refractivity contribution in [1.29, 1.82) is 0 Å². The Balaban J connectivity index is 1.74. The van der Waals surface area contributed by atoms with E-state index >= 15 is 0 Å². The molecule has 0 saturated carbocycles. The Morgan fingerprint density at radius 1 is 1.48 bits per heavy atom. The van der Waals surface area contributed by atoms with Crippen LogP contribution in [-0.4, -0.2) is 43.6 Å².